The van der Waals surface area contributed by atoms with E-state index in [1.54, 1.807) is 0 Å². The van der Waals surface area contributed by atoms with Crippen LogP contribution < -0.4 is 5.32 Å². The third kappa shape index (κ3) is 3.03. The lowest BCUT2D eigenvalue weighted by molar-refractivity contribution is 0.831. The molecule has 0 atom stereocenters. The fourth-order valence-electron chi connectivity index (χ4n) is 3.21. The predicted octanol–water partition coefficient (Wildman–Crippen LogP) is 5.61. The molecule has 2 heterocycles. The summed E-state index contributed by atoms with van der Waals surface area (Å²) in [6.07, 6.45) is 2.26. The summed E-state index contributed by atoms with van der Waals surface area (Å²) >= 11 is 0. The third-order valence-corrected chi connectivity index (χ3v) is 4.89. The lowest BCUT2D eigenvalue weighted by Gasteiger charge is -2.12. The molecule has 0 saturated carbocycles. The average Bonchev–Trinajstić information content (AvgIpc) is 3.06. The van der Waals surface area contributed by atoms with E-state index in [0.29, 0.717) is 0 Å². The van der Waals surface area contributed by atoms with Crippen LogP contribution >= 0.6 is 0 Å². The molecular weight excluding hydrogens is 320 g/mol. The lowest BCUT2D eigenvalue weighted by Crippen LogP contribution is -2.06. The molecule has 132 valence electrons. The number of nitrogens with zero attached hydrogens (tertiary/aromatic N) is 2. The van der Waals surface area contributed by atoms with Crippen molar-refractivity contribution in [3.8, 4) is 11.4 Å². The number of aryl methyl sites for hydroxylation is 2. The Morgan fingerprint density at radius 1 is 0.962 bits per heavy atom. The fraction of sp³-hybridized carbons (Fsp3) is 0.273. The maximum atomic E-state index is 4.97. The first-order valence-electron chi connectivity index (χ1n) is 9.26. The number of unbranched alkanes of at least 4 members (excludes halogenated alkanes) is 1. The Morgan fingerprint density at radius 2 is 1.69 bits per heavy atom. The Hall–Kier alpha value is -2.88. The molecule has 0 saturated heterocycles. The molecule has 0 radical (unpaired) electrons. The molecule has 0 aliphatic rings. The minimum Gasteiger partial charge on any atom is -0.368 e. The number of aromatic nitrogens is 3. The van der Waals surface area contributed by atoms with E-state index in [0.717, 1.165) is 53.1 Å². The van der Waals surface area contributed by atoms with Gasteiger partial charge in [0.05, 0.1) is 16.7 Å². The molecule has 0 fully saturated rings. The molecule has 0 aliphatic carbocycles. The molecule has 0 unspecified atom stereocenters. The van der Waals surface area contributed by atoms with Crippen LogP contribution in [0, 0.1) is 13.8 Å². The van der Waals surface area contributed by atoms with E-state index in [1.807, 2.05) is 6.07 Å². The quantitative estimate of drug-likeness (QED) is 0.463. The van der Waals surface area contributed by atoms with Crippen molar-refractivity contribution in [2.75, 3.05) is 11.9 Å². The number of nitrogens with one attached hydrogen (secondary N) is 2. The third-order valence-electron chi connectivity index (χ3n) is 4.89. The zero-order chi connectivity index (χ0) is 18.1. The number of aromatic amines is 1. The van der Waals surface area contributed by atoms with Crippen LogP contribution in [0.4, 0.5) is 5.82 Å². The number of benzene rings is 2. The van der Waals surface area contributed by atoms with Gasteiger partial charge >= 0.3 is 0 Å². The zero-order valence-electron chi connectivity index (χ0n) is 15.6. The van der Waals surface area contributed by atoms with Crippen LogP contribution in [0.5, 0.6) is 0 Å². The van der Waals surface area contributed by atoms with Gasteiger partial charge in [0.1, 0.15) is 5.69 Å². The van der Waals surface area contributed by atoms with Crippen molar-refractivity contribution >= 4 is 27.8 Å². The normalized spacial score (nSPS) is 11.3. The molecule has 4 rings (SSSR count). The summed E-state index contributed by atoms with van der Waals surface area (Å²) in [5.74, 6) is 0.848. The summed E-state index contributed by atoms with van der Waals surface area (Å²) in [6, 6.07) is 14.7. The van der Waals surface area contributed by atoms with Gasteiger partial charge in [-0.15, -0.1) is 0 Å². The smallest absolute Gasteiger partial charge is 0.154 e. The molecule has 0 aliphatic heterocycles. The van der Waals surface area contributed by atoms with Gasteiger partial charge in [0, 0.05) is 17.4 Å². The average molecular weight is 344 g/mol. The minimum absolute atomic E-state index is 0.848. The van der Waals surface area contributed by atoms with Gasteiger partial charge < -0.3 is 10.3 Å². The summed E-state index contributed by atoms with van der Waals surface area (Å²) in [6.45, 7) is 7.33. The molecule has 2 aromatic heterocycles. The fourth-order valence-corrected chi connectivity index (χ4v) is 3.21. The largest absolute Gasteiger partial charge is 0.368 e. The number of hydrogen-bond donors (Lipinski definition) is 2. The van der Waals surface area contributed by atoms with Gasteiger partial charge in [-0.3, -0.25) is 0 Å². The standard InChI is InChI=1S/C22H24N4/c1-4-5-10-23-22-21(20-13-16-8-6-7-9-17(16)24-20)25-18-11-14(2)15(3)12-19(18)26-22/h6-9,11-13,24H,4-5,10H2,1-3H3,(H,23,26). The maximum Gasteiger partial charge on any atom is 0.154 e. The van der Waals surface area contributed by atoms with Gasteiger partial charge in [-0.2, -0.15) is 0 Å². The summed E-state index contributed by atoms with van der Waals surface area (Å²) in [5.41, 5.74) is 7.34. The number of anilines is 1. The second kappa shape index (κ2) is 6.79. The van der Waals surface area contributed by atoms with Gasteiger partial charge in [-0.05, 0) is 55.7 Å². The SMILES string of the molecule is CCCCNc1nc2cc(C)c(C)cc2nc1-c1cc2ccccc2[nH]1. The topological polar surface area (TPSA) is 53.6 Å². The first kappa shape index (κ1) is 16.6. The van der Waals surface area contributed by atoms with Crippen molar-refractivity contribution in [1.82, 2.24) is 15.0 Å². The molecule has 4 aromatic rings. The van der Waals surface area contributed by atoms with E-state index in [-0.39, 0.29) is 0 Å². The van der Waals surface area contributed by atoms with Crippen molar-refractivity contribution in [2.24, 2.45) is 0 Å². The molecule has 0 bridgehead atoms. The Balaban J connectivity index is 1.89. The highest BCUT2D eigenvalue weighted by atomic mass is 15.0. The summed E-state index contributed by atoms with van der Waals surface area (Å²) in [4.78, 5) is 13.4. The van der Waals surface area contributed by atoms with Crippen molar-refractivity contribution < 1.29 is 0 Å². The van der Waals surface area contributed by atoms with Crippen molar-refractivity contribution in [2.45, 2.75) is 33.6 Å². The van der Waals surface area contributed by atoms with E-state index in [1.165, 1.54) is 16.5 Å². The van der Waals surface area contributed by atoms with E-state index in [9.17, 15) is 0 Å². The highest BCUT2D eigenvalue weighted by Gasteiger charge is 2.14. The van der Waals surface area contributed by atoms with Crippen LogP contribution in [-0.2, 0) is 0 Å². The molecule has 0 amide bonds. The van der Waals surface area contributed by atoms with Crippen LogP contribution in [0.2, 0.25) is 0 Å². The zero-order valence-corrected chi connectivity index (χ0v) is 15.6. The van der Waals surface area contributed by atoms with Gasteiger partial charge in [0.15, 0.2) is 5.82 Å². The second-order valence-corrected chi connectivity index (χ2v) is 6.90. The van der Waals surface area contributed by atoms with Gasteiger partial charge in [-0.1, -0.05) is 31.5 Å². The highest BCUT2D eigenvalue weighted by Crippen LogP contribution is 2.30. The Bertz CT molecular complexity index is 1050. The van der Waals surface area contributed by atoms with Crippen LogP contribution in [0.25, 0.3) is 33.3 Å². The lowest BCUT2D eigenvalue weighted by atomic mass is 10.1. The van der Waals surface area contributed by atoms with E-state index < -0.39 is 0 Å². The van der Waals surface area contributed by atoms with E-state index >= 15 is 0 Å². The molecule has 4 heteroatoms. The maximum absolute atomic E-state index is 4.97. The summed E-state index contributed by atoms with van der Waals surface area (Å²) in [7, 11) is 0. The van der Waals surface area contributed by atoms with Crippen molar-refractivity contribution in [1.29, 1.82) is 0 Å². The van der Waals surface area contributed by atoms with Crippen LogP contribution in [-0.4, -0.2) is 21.5 Å². The van der Waals surface area contributed by atoms with Crippen molar-refractivity contribution in [3.63, 3.8) is 0 Å². The monoisotopic (exact) mass is 344 g/mol. The molecule has 4 nitrogen and oxygen atoms in total. The molecule has 2 aromatic carbocycles. The molecule has 26 heavy (non-hydrogen) atoms. The second-order valence-electron chi connectivity index (χ2n) is 6.90. The van der Waals surface area contributed by atoms with Crippen molar-refractivity contribution in [3.05, 3.63) is 53.6 Å². The first-order valence-corrected chi connectivity index (χ1v) is 9.26. The Kier molecular flexibility index (Phi) is 4.33. The number of para-hydroxylation sites is 1. The number of fused-ring (bicyclic) bond motifs is 2. The van der Waals surface area contributed by atoms with Crippen LogP contribution in [0.15, 0.2) is 42.5 Å². The van der Waals surface area contributed by atoms with E-state index in [4.69, 9.17) is 9.97 Å². The van der Waals surface area contributed by atoms with Gasteiger partial charge in [0.25, 0.3) is 0 Å². The summed E-state index contributed by atoms with van der Waals surface area (Å²) < 4.78 is 0. The highest BCUT2D eigenvalue weighted by molar-refractivity contribution is 5.89. The van der Waals surface area contributed by atoms with Crippen LogP contribution in [0.1, 0.15) is 30.9 Å². The molecule has 2 N–H and O–H groups in total. The van der Waals surface area contributed by atoms with Gasteiger partial charge in [-0.25, -0.2) is 9.97 Å². The van der Waals surface area contributed by atoms with Crippen LogP contribution in [0.3, 0.4) is 0 Å². The van der Waals surface area contributed by atoms with Gasteiger partial charge in [0.2, 0.25) is 0 Å². The number of hydrogen-bond acceptors (Lipinski definition) is 3. The predicted molar refractivity (Wildman–Crippen MR) is 110 cm³/mol. The Morgan fingerprint density at radius 3 is 2.42 bits per heavy atom. The molecular formula is C22H24N4. The minimum atomic E-state index is 0.848. The first-order chi connectivity index (χ1) is 12.7. The number of rotatable bonds is 5. The molecule has 0 spiro atoms. The van der Waals surface area contributed by atoms with E-state index in [2.05, 4.69) is 67.5 Å². The Labute approximate surface area is 153 Å². The summed E-state index contributed by atoms with van der Waals surface area (Å²) in [5, 5.41) is 4.67. The number of H-pyrrole nitrogens is 1.